The summed E-state index contributed by atoms with van der Waals surface area (Å²) in [5, 5.41) is 14.4. The van der Waals surface area contributed by atoms with E-state index in [-0.39, 0.29) is 12.3 Å². The van der Waals surface area contributed by atoms with Crippen LogP contribution in [0.4, 0.5) is 5.69 Å². The summed E-state index contributed by atoms with van der Waals surface area (Å²) in [6, 6.07) is 4.75. The first-order chi connectivity index (χ1) is 6.77. The van der Waals surface area contributed by atoms with Crippen molar-refractivity contribution < 1.29 is 9.90 Å². The van der Waals surface area contributed by atoms with Gasteiger partial charge in [0.2, 0.25) is 6.41 Å². The van der Waals surface area contributed by atoms with Crippen molar-refractivity contribution in [2.75, 3.05) is 11.9 Å². The Hall–Kier alpha value is -1.91. The van der Waals surface area contributed by atoms with Crippen molar-refractivity contribution >= 4 is 12.1 Å². The van der Waals surface area contributed by atoms with Crippen molar-refractivity contribution in [1.29, 1.82) is 0 Å². The Morgan fingerprint density at radius 2 is 2.29 bits per heavy atom. The molecule has 1 aromatic rings. The zero-order valence-corrected chi connectivity index (χ0v) is 7.43. The molecule has 0 aliphatic carbocycles. The van der Waals surface area contributed by atoms with Crippen LogP contribution in [0.5, 0.6) is 5.75 Å². The molecule has 0 bridgehead atoms. The normalized spacial score (nSPS) is 9.43. The number of hydrogen-bond acceptors (Lipinski definition) is 4. The van der Waals surface area contributed by atoms with Crippen molar-refractivity contribution in [3.05, 3.63) is 28.7 Å². The van der Waals surface area contributed by atoms with E-state index >= 15 is 0 Å². The van der Waals surface area contributed by atoms with Crippen molar-refractivity contribution in [3.63, 3.8) is 0 Å². The van der Waals surface area contributed by atoms with E-state index in [9.17, 15) is 14.8 Å². The van der Waals surface area contributed by atoms with Gasteiger partial charge in [0.25, 0.3) is 0 Å². The molecule has 1 aromatic carbocycles. The predicted octanol–water partition coefficient (Wildman–Crippen LogP) is 1.27. The fourth-order valence-corrected chi connectivity index (χ4v) is 1.09. The summed E-state index contributed by atoms with van der Waals surface area (Å²) in [4.78, 5) is 20.0. The van der Waals surface area contributed by atoms with Crippen LogP contribution in [0.15, 0.2) is 23.4 Å². The van der Waals surface area contributed by atoms with Crippen LogP contribution >= 0.6 is 0 Å². The molecule has 0 spiro atoms. The third-order valence-corrected chi connectivity index (χ3v) is 1.77. The monoisotopic (exact) mass is 194 g/mol. The molecule has 0 atom stereocenters. The Morgan fingerprint density at radius 3 is 2.93 bits per heavy atom. The minimum atomic E-state index is -0.0000813. The van der Waals surface area contributed by atoms with Gasteiger partial charge in [-0.3, -0.25) is 4.79 Å². The number of aromatic hydroxyl groups is 1. The van der Waals surface area contributed by atoms with Crippen molar-refractivity contribution in [3.8, 4) is 5.75 Å². The fourth-order valence-electron chi connectivity index (χ4n) is 1.09. The van der Waals surface area contributed by atoms with Gasteiger partial charge in [0.15, 0.2) is 0 Å². The molecule has 14 heavy (non-hydrogen) atoms. The smallest absolute Gasteiger partial charge is 0.211 e. The van der Waals surface area contributed by atoms with Crippen LogP contribution in [-0.4, -0.2) is 18.1 Å². The Balaban J connectivity index is 2.82. The lowest BCUT2D eigenvalue weighted by molar-refractivity contribution is -0.105. The van der Waals surface area contributed by atoms with Crippen LogP contribution in [-0.2, 0) is 11.2 Å². The number of phenolic OH excluding ortho intramolecular Hbond substituents is 1. The predicted molar refractivity (Wildman–Crippen MR) is 52.2 cm³/mol. The Kier molecular flexibility index (Phi) is 3.60. The van der Waals surface area contributed by atoms with Gasteiger partial charge in [-0.15, -0.1) is 0 Å². The van der Waals surface area contributed by atoms with Gasteiger partial charge in [-0.2, -0.15) is 4.91 Å². The summed E-state index contributed by atoms with van der Waals surface area (Å²) in [7, 11) is 0. The van der Waals surface area contributed by atoms with Gasteiger partial charge < -0.3 is 10.4 Å². The van der Waals surface area contributed by atoms with Crippen molar-refractivity contribution in [2.45, 2.75) is 6.42 Å². The molecule has 0 fully saturated rings. The largest absolute Gasteiger partial charge is 0.506 e. The fraction of sp³-hybridized carbons (Fsp3) is 0.222. The Bertz CT molecular complexity index is 339. The van der Waals surface area contributed by atoms with Gasteiger partial charge in [0, 0.05) is 0 Å². The number of nitroso groups, excluding NO2 is 1. The lowest BCUT2D eigenvalue weighted by Gasteiger charge is -2.04. The van der Waals surface area contributed by atoms with Gasteiger partial charge >= 0.3 is 0 Å². The Labute approximate surface area is 80.7 Å². The molecule has 0 saturated heterocycles. The minimum Gasteiger partial charge on any atom is -0.506 e. The van der Waals surface area contributed by atoms with Gasteiger partial charge in [0.1, 0.15) is 5.75 Å². The molecular weight excluding hydrogens is 184 g/mol. The highest BCUT2D eigenvalue weighted by molar-refractivity contribution is 5.75. The quantitative estimate of drug-likeness (QED) is 0.421. The second-order valence-corrected chi connectivity index (χ2v) is 2.72. The summed E-state index contributed by atoms with van der Waals surface area (Å²) in [6.45, 7) is 0.186. The van der Waals surface area contributed by atoms with Gasteiger partial charge in [-0.25, -0.2) is 0 Å². The van der Waals surface area contributed by atoms with E-state index in [4.69, 9.17) is 0 Å². The second kappa shape index (κ2) is 4.96. The lowest BCUT2D eigenvalue weighted by Crippen LogP contribution is -1.96. The summed E-state index contributed by atoms with van der Waals surface area (Å²) in [6.07, 6.45) is 0.980. The van der Waals surface area contributed by atoms with E-state index < -0.39 is 0 Å². The topological polar surface area (TPSA) is 78.8 Å². The average Bonchev–Trinajstić information content (AvgIpc) is 2.19. The number of nitrogens with zero attached hydrogens (tertiary/aromatic N) is 1. The molecule has 74 valence electrons. The van der Waals surface area contributed by atoms with Gasteiger partial charge in [-0.1, -0.05) is 11.2 Å². The van der Waals surface area contributed by atoms with E-state index in [0.29, 0.717) is 18.5 Å². The first-order valence-electron chi connectivity index (χ1n) is 4.09. The number of carbonyl (C=O) groups excluding carboxylic acids is 1. The van der Waals surface area contributed by atoms with Gasteiger partial charge in [0.05, 0.1) is 12.2 Å². The lowest BCUT2D eigenvalue weighted by atomic mass is 10.1. The number of anilines is 1. The molecule has 2 N–H and O–H groups in total. The summed E-state index contributed by atoms with van der Waals surface area (Å²) in [5.74, 6) is -0.0000813. The molecule has 0 saturated carbocycles. The molecule has 1 amide bonds. The highest BCUT2D eigenvalue weighted by atomic mass is 16.3. The maximum atomic E-state index is 10.2. The Morgan fingerprint density at radius 1 is 1.50 bits per heavy atom. The standard InChI is InChI=1S/C9H10N2O3/c12-6-10-8-5-7(3-4-11-14)1-2-9(8)13/h1-2,5-6,13H,3-4H2,(H,10,12). The molecule has 0 aliphatic rings. The number of carbonyl (C=O) groups is 1. The highest BCUT2D eigenvalue weighted by Crippen LogP contribution is 2.23. The number of amides is 1. The summed E-state index contributed by atoms with van der Waals surface area (Å²) in [5.41, 5.74) is 1.18. The number of rotatable bonds is 5. The van der Waals surface area contributed by atoms with E-state index in [0.717, 1.165) is 5.56 Å². The number of benzene rings is 1. The molecule has 0 unspecified atom stereocenters. The number of hydrogen-bond donors (Lipinski definition) is 2. The average molecular weight is 194 g/mol. The van der Waals surface area contributed by atoms with Crippen LogP contribution < -0.4 is 5.32 Å². The number of nitrogens with one attached hydrogen (secondary N) is 1. The zero-order chi connectivity index (χ0) is 10.4. The first kappa shape index (κ1) is 10.2. The molecule has 0 aliphatic heterocycles. The zero-order valence-electron chi connectivity index (χ0n) is 7.43. The van der Waals surface area contributed by atoms with Crippen molar-refractivity contribution in [1.82, 2.24) is 0 Å². The van der Waals surface area contributed by atoms with Crippen LogP contribution in [0, 0.1) is 4.91 Å². The maximum absolute atomic E-state index is 10.2. The molecular formula is C9H10N2O3. The van der Waals surface area contributed by atoms with Gasteiger partial charge in [-0.05, 0) is 24.1 Å². The third-order valence-electron chi connectivity index (χ3n) is 1.77. The van der Waals surface area contributed by atoms with Crippen LogP contribution in [0.2, 0.25) is 0 Å². The van der Waals surface area contributed by atoms with E-state index in [1.165, 1.54) is 6.07 Å². The highest BCUT2D eigenvalue weighted by Gasteiger charge is 2.01. The molecule has 0 aromatic heterocycles. The second-order valence-electron chi connectivity index (χ2n) is 2.72. The van der Waals surface area contributed by atoms with Crippen molar-refractivity contribution in [2.24, 2.45) is 5.18 Å². The molecule has 0 heterocycles. The van der Waals surface area contributed by atoms with E-state index in [1.54, 1.807) is 12.1 Å². The summed E-state index contributed by atoms with van der Waals surface area (Å²) >= 11 is 0. The summed E-state index contributed by atoms with van der Waals surface area (Å²) < 4.78 is 0. The molecule has 5 heteroatoms. The van der Waals surface area contributed by atoms with Crippen LogP contribution in [0.25, 0.3) is 0 Å². The third kappa shape index (κ3) is 2.55. The van der Waals surface area contributed by atoms with E-state index in [2.05, 4.69) is 10.5 Å². The first-order valence-corrected chi connectivity index (χ1v) is 4.09. The molecule has 5 nitrogen and oxygen atoms in total. The molecule has 0 radical (unpaired) electrons. The molecule has 1 rings (SSSR count). The minimum absolute atomic E-state index is 0.0000813. The maximum Gasteiger partial charge on any atom is 0.211 e. The van der Waals surface area contributed by atoms with Crippen LogP contribution in [0.1, 0.15) is 5.56 Å². The number of phenols is 1. The SMILES string of the molecule is O=CNc1cc(CCN=O)ccc1O. The van der Waals surface area contributed by atoms with Crippen LogP contribution in [0.3, 0.4) is 0 Å². The van der Waals surface area contributed by atoms with E-state index in [1.807, 2.05) is 0 Å².